The van der Waals surface area contributed by atoms with Crippen LogP contribution in [0.2, 0.25) is 0 Å². The molecule has 1 aliphatic rings. The normalized spacial score (nSPS) is 15.8. The molecular weight excluding hydrogens is 396 g/mol. The molecule has 1 N–H and O–H groups in total. The van der Waals surface area contributed by atoms with E-state index < -0.39 is 0 Å². The molecule has 0 aliphatic carbocycles. The maximum atomic E-state index is 12.7. The van der Waals surface area contributed by atoms with E-state index in [-0.39, 0.29) is 17.5 Å². The Morgan fingerprint density at radius 2 is 2.06 bits per heavy atom. The molecule has 1 amide bonds. The van der Waals surface area contributed by atoms with E-state index in [0.29, 0.717) is 52.0 Å². The van der Waals surface area contributed by atoms with Crippen molar-refractivity contribution in [3.05, 3.63) is 64.9 Å². The van der Waals surface area contributed by atoms with Crippen molar-refractivity contribution in [3.63, 3.8) is 0 Å². The average molecular weight is 425 g/mol. The lowest BCUT2D eigenvalue weighted by atomic mass is 9.99. The Morgan fingerprint density at radius 3 is 2.84 bits per heavy atom. The maximum Gasteiger partial charge on any atom is 0.346 e. The van der Waals surface area contributed by atoms with Crippen molar-refractivity contribution >= 4 is 5.91 Å². The minimum Gasteiger partial charge on any atom is -0.492 e. The van der Waals surface area contributed by atoms with E-state index in [9.17, 15) is 9.59 Å². The van der Waals surface area contributed by atoms with Gasteiger partial charge in [-0.05, 0) is 31.9 Å². The number of hydrogen-bond donors (Lipinski definition) is 1. The molecule has 164 valence electrons. The Kier molecular flexibility index (Phi) is 6.49. The highest BCUT2D eigenvalue weighted by Gasteiger charge is 2.25. The van der Waals surface area contributed by atoms with Gasteiger partial charge in [0.05, 0.1) is 6.54 Å². The van der Waals surface area contributed by atoms with Crippen molar-refractivity contribution in [2.75, 3.05) is 13.2 Å². The predicted octanol–water partition coefficient (Wildman–Crippen LogP) is 1.40. The van der Waals surface area contributed by atoms with E-state index >= 15 is 0 Å². The second kappa shape index (κ2) is 9.63. The number of benzene rings is 1. The van der Waals surface area contributed by atoms with Crippen LogP contribution in [0.25, 0.3) is 0 Å². The summed E-state index contributed by atoms with van der Waals surface area (Å²) in [5.41, 5.74) is -0.136. The van der Waals surface area contributed by atoms with Crippen molar-refractivity contribution in [1.29, 1.82) is 0 Å². The number of carbonyl (C=O) groups is 1. The summed E-state index contributed by atoms with van der Waals surface area (Å²) >= 11 is 0. The van der Waals surface area contributed by atoms with Crippen LogP contribution in [0, 0.1) is 12.8 Å². The van der Waals surface area contributed by atoms with Crippen molar-refractivity contribution in [2.24, 2.45) is 5.92 Å². The average Bonchev–Trinajstić information content (AvgIpc) is 3.23. The van der Waals surface area contributed by atoms with Gasteiger partial charge in [0.25, 0.3) is 0 Å². The third kappa shape index (κ3) is 5.04. The van der Waals surface area contributed by atoms with Gasteiger partial charge < -0.3 is 14.6 Å². The molecule has 0 bridgehead atoms. The van der Waals surface area contributed by atoms with Crippen LogP contribution in [0.5, 0.6) is 5.75 Å². The number of carbonyl (C=O) groups excluding carboxylic acids is 1. The summed E-state index contributed by atoms with van der Waals surface area (Å²) in [5, 5.41) is 7.50. The van der Waals surface area contributed by atoms with Gasteiger partial charge in [0.15, 0.2) is 0 Å². The summed E-state index contributed by atoms with van der Waals surface area (Å²) in [4.78, 5) is 29.5. The lowest BCUT2D eigenvalue weighted by Gasteiger charge is -2.14. The summed E-state index contributed by atoms with van der Waals surface area (Å²) in [5.74, 6) is 2.38. The first kappa shape index (κ1) is 20.9. The van der Waals surface area contributed by atoms with Crippen LogP contribution in [0.4, 0.5) is 0 Å². The summed E-state index contributed by atoms with van der Waals surface area (Å²) in [7, 11) is 0. The van der Waals surface area contributed by atoms with Gasteiger partial charge in [-0.25, -0.2) is 14.5 Å². The van der Waals surface area contributed by atoms with E-state index in [0.717, 1.165) is 17.4 Å². The molecule has 0 saturated carbocycles. The van der Waals surface area contributed by atoms with Gasteiger partial charge in [-0.2, -0.15) is 5.10 Å². The number of hydrogen-bond acceptors (Lipinski definition) is 5. The first-order valence-corrected chi connectivity index (χ1v) is 10.7. The van der Waals surface area contributed by atoms with Gasteiger partial charge in [0.2, 0.25) is 5.91 Å². The molecule has 9 nitrogen and oxygen atoms in total. The zero-order chi connectivity index (χ0) is 21.6. The molecule has 9 heteroatoms. The summed E-state index contributed by atoms with van der Waals surface area (Å²) < 4.78 is 10.8. The highest BCUT2D eigenvalue weighted by molar-refractivity contribution is 5.78. The van der Waals surface area contributed by atoms with E-state index in [2.05, 4.69) is 15.4 Å². The fraction of sp³-hybridized carbons (Fsp3) is 0.455. The van der Waals surface area contributed by atoms with Crippen LogP contribution in [-0.2, 0) is 30.8 Å². The number of nitrogens with zero attached hydrogens (tertiary/aromatic N) is 5. The summed E-state index contributed by atoms with van der Waals surface area (Å²) in [6.07, 6.45) is 5.59. The molecule has 0 fully saturated rings. The number of imidazole rings is 1. The molecule has 2 aromatic heterocycles. The van der Waals surface area contributed by atoms with Crippen LogP contribution in [0.1, 0.15) is 24.5 Å². The van der Waals surface area contributed by atoms with Gasteiger partial charge in [0, 0.05) is 44.4 Å². The van der Waals surface area contributed by atoms with Gasteiger partial charge >= 0.3 is 5.69 Å². The molecule has 1 aromatic carbocycles. The number of ether oxygens (including phenoxy) is 1. The zero-order valence-corrected chi connectivity index (χ0v) is 17.7. The third-order valence-corrected chi connectivity index (χ3v) is 5.68. The first-order valence-electron chi connectivity index (χ1n) is 10.7. The van der Waals surface area contributed by atoms with E-state index in [1.54, 1.807) is 10.8 Å². The predicted molar refractivity (Wildman–Crippen MR) is 115 cm³/mol. The highest BCUT2D eigenvalue weighted by atomic mass is 16.5. The minimum atomic E-state index is -0.136. The van der Waals surface area contributed by atoms with Gasteiger partial charge in [-0.3, -0.25) is 9.36 Å². The Bertz CT molecular complexity index is 1070. The topological polar surface area (TPSA) is 96.0 Å². The molecular formula is C22H28N6O3. The molecule has 0 saturated heterocycles. The Labute approximate surface area is 180 Å². The molecule has 0 spiro atoms. The first-order chi connectivity index (χ1) is 15.1. The Hall–Kier alpha value is -3.36. The smallest absolute Gasteiger partial charge is 0.346 e. The number of amides is 1. The standard InChI is InChI=1S/C22H28N6O3/c1-17-23-10-13-26(17)14-11-24-21(29)18-7-8-20-25-28(22(30)27(20)12-9-18)15-16-31-19-5-3-2-4-6-19/h2-6,10,13,18H,7-9,11-12,14-16H2,1H3,(H,24,29). The molecule has 1 atom stereocenters. The van der Waals surface area contributed by atoms with E-state index in [4.69, 9.17) is 4.74 Å². The number of aryl methyl sites for hydroxylation is 2. The number of nitrogens with one attached hydrogen (secondary N) is 1. The second-order valence-corrected chi connectivity index (χ2v) is 7.72. The number of para-hydroxylation sites is 1. The van der Waals surface area contributed by atoms with Crippen LogP contribution in [0.3, 0.4) is 0 Å². The lowest BCUT2D eigenvalue weighted by Crippen LogP contribution is -2.34. The monoisotopic (exact) mass is 424 g/mol. The summed E-state index contributed by atoms with van der Waals surface area (Å²) in [6, 6.07) is 9.51. The molecule has 1 aliphatic heterocycles. The Balaban J connectivity index is 1.27. The van der Waals surface area contributed by atoms with Gasteiger partial charge in [-0.15, -0.1) is 0 Å². The minimum absolute atomic E-state index is 0.0418. The lowest BCUT2D eigenvalue weighted by molar-refractivity contribution is -0.125. The number of fused-ring (bicyclic) bond motifs is 1. The molecule has 1 unspecified atom stereocenters. The van der Waals surface area contributed by atoms with Crippen molar-refractivity contribution in [1.82, 2.24) is 29.2 Å². The van der Waals surface area contributed by atoms with E-state index in [1.165, 1.54) is 4.68 Å². The Morgan fingerprint density at radius 1 is 1.23 bits per heavy atom. The second-order valence-electron chi connectivity index (χ2n) is 7.72. The molecule has 31 heavy (non-hydrogen) atoms. The molecule has 3 heterocycles. The molecule has 0 radical (unpaired) electrons. The van der Waals surface area contributed by atoms with Gasteiger partial charge in [-0.1, -0.05) is 18.2 Å². The van der Waals surface area contributed by atoms with E-state index in [1.807, 2.05) is 48.0 Å². The number of rotatable bonds is 8. The molecule has 3 aromatic rings. The van der Waals surface area contributed by atoms with Crippen molar-refractivity contribution in [3.8, 4) is 5.75 Å². The van der Waals surface area contributed by atoms with Crippen molar-refractivity contribution < 1.29 is 9.53 Å². The largest absolute Gasteiger partial charge is 0.492 e. The zero-order valence-electron chi connectivity index (χ0n) is 17.7. The molecule has 4 rings (SSSR count). The van der Waals surface area contributed by atoms with Crippen LogP contribution < -0.4 is 15.7 Å². The highest BCUT2D eigenvalue weighted by Crippen LogP contribution is 2.18. The van der Waals surface area contributed by atoms with Gasteiger partial charge in [0.1, 0.15) is 24.0 Å². The fourth-order valence-electron chi connectivity index (χ4n) is 3.89. The maximum absolute atomic E-state index is 12.7. The third-order valence-electron chi connectivity index (χ3n) is 5.68. The quantitative estimate of drug-likeness (QED) is 0.590. The van der Waals surface area contributed by atoms with Crippen molar-refractivity contribution in [2.45, 2.75) is 45.8 Å². The number of aromatic nitrogens is 5. The fourth-order valence-corrected chi connectivity index (χ4v) is 3.89. The SMILES string of the molecule is Cc1nccn1CCNC(=O)C1CCc2nn(CCOc3ccccc3)c(=O)n2CC1. The van der Waals surface area contributed by atoms with Crippen LogP contribution in [0.15, 0.2) is 47.5 Å². The van der Waals surface area contributed by atoms with Crippen LogP contribution >= 0.6 is 0 Å². The summed E-state index contributed by atoms with van der Waals surface area (Å²) in [6.45, 7) is 4.47. The van der Waals surface area contributed by atoms with Crippen LogP contribution in [-0.4, -0.2) is 43.0 Å².